The van der Waals surface area contributed by atoms with Crippen LogP contribution in [-0.4, -0.2) is 16.6 Å². The van der Waals surface area contributed by atoms with Gasteiger partial charge < -0.3 is 2.85 Å². The molecule has 0 aliphatic heterocycles. The molecule has 0 saturated heterocycles. The van der Waals surface area contributed by atoms with Crippen LogP contribution in [-0.2, 0) is 81.4 Å². The van der Waals surface area contributed by atoms with E-state index >= 15 is 0 Å². The molecule has 0 aliphatic carbocycles. The van der Waals surface area contributed by atoms with Crippen molar-refractivity contribution >= 4 is 0 Å². The van der Waals surface area contributed by atoms with Crippen LogP contribution in [0.3, 0.4) is 0 Å². The molecule has 0 atom stereocenters. The summed E-state index contributed by atoms with van der Waals surface area (Å²) in [5, 5.41) is 0. The standard InChI is InChI=1S/2Cr.2K.4H2O.4O.2Zn.2H/h;;;;4*1H2;;;;;;;;/q2*+2;2*+1;;;;;;;;;;;2*-1/p-4. The van der Waals surface area contributed by atoms with Crippen molar-refractivity contribution in [1.29, 1.82) is 0 Å². The molecule has 0 aromatic carbocycles. The second-order valence-corrected chi connectivity index (χ2v) is 3.69. The largest absolute Gasteiger partial charge is 0 e. The van der Waals surface area contributed by atoms with Gasteiger partial charge in [0.1, 0.15) is 0 Å². The maximum absolute atomic E-state index is 8.82. The van der Waals surface area contributed by atoms with Gasteiger partial charge in [0, 0.05) is 39.0 Å². The van der Waals surface area contributed by atoms with E-state index < -0.39 is 27.2 Å². The van der Waals surface area contributed by atoms with E-state index in [2.05, 4.69) is 0 Å². The van der Waals surface area contributed by atoms with Gasteiger partial charge in [-0.25, -0.2) is 0 Å². The van der Waals surface area contributed by atoms with Crippen molar-refractivity contribution in [3.63, 3.8) is 0 Å². The first kappa shape index (κ1) is 36.3. The van der Waals surface area contributed by atoms with Crippen molar-refractivity contribution in [2.24, 2.45) is 0 Å². The van der Waals surface area contributed by atoms with Crippen LogP contribution in [0, 0.1) is 0 Å². The zero-order valence-corrected chi connectivity index (χ0v) is 22.4. The fraction of sp³-hybridized carbons (Fsp3) is 0. The van der Waals surface area contributed by atoms with Gasteiger partial charge in [-0.2, -0.15) is 0 Å². The molecule has 0 unspecified atom stereocenters. The van der Waals surface area contributed by atoms with Crippen molar-refractivity contribution in [3.8, 4) is 0 Å². The number of hydrogen-bond acceptors (Lipinski definition) is 4. The maximum Gasteiger partial charge on any atom is 0 e. The minimum atomic E-state index is -5.25. The van der Waals surface area contributed by atoms with Crippen molar-refractivity contribution < 1.29 is 204 Å². The van der Waals surface area contributed by atoms with E-state index in [0.29, 0.717) is 0 Å². The minimum absolute atomic E-state index is 0. The second-order valence-electron chi connectivity index (χ2n) is 0.896. The number of hydrogen-bond donors (Lipinski definition) is 4. The van der Waals surface area contributed by atoms with E-state index in [1.807, 2.05) is 0 Å². The molecular weight excluding hydrogens is 441 g/mol. The van der Waals surface area contributed by atoms with Gasteiger partial charge in [-0.15, -0.1) is 0 Å². The van der Waals surface area contributed by atoms with Gasteiger partial charge in [0.2, 0.25) is 0 Å². The molecule has 0 heterocycles. The van der Waals surface area contributed by atoms with Crippen molar-refractivity contribution in [1.82, 2.24) is 0 Å². The SMILES string of the molecule is [H-].[H-].[K+].[K+].[O]=[Cr](=[O])([OH])[OH].[O]=[Cr](=[O])([OH])[OH].[Zn].[Zn]. The third kappa shape index (κ3) is 190. The summed E-state index contributed by atoms with van der Waals surface area (Å²) in [6.07, 6.45) is 0. The van der Waals surface area contributed by atoms with E-state index in [4.69, 9.17) is 31.8 Å². The topological polar surface area (TPSA) is 149 Å². The van der Waals surface area contributed by atoms with E-state index in [-0.39, 0.29) is 145 Å². The molecule has 14 heteroatoms. The van der Waals surface area contributed by atoms with Crippen LogP contribution in [0.4, 0.5) is 0 Å². The van der Waals surface area contributed by atoms with Crippen molar-refractivity contribution in [3.05, 3.63) is 0 Å². The van der Waals surface area contributed by atoms with Crippen LogP contribution >= 0.6 is 0 Å². The van der Waals surface area contributed by atoms with E-state index in [1.165, 1.54) is 0 Å². The summed E-state index contributed by atoms with van der Waals surface area (Å²) >= 11 is -10.5. The Morgan fingerprint density at radius 1 is 0.643 bits per heavy atom. The van der Waals surface area contributed by atoms with Gasteiger partial charge in [0.15, 0.2) is 0 Å². The molecule has 0 radical (unpaired) electrons. The average molecular weight is 447 g/mol. The summed E-state index contributed by atoms with van der Waals surface area (Å²) in [6, 6.07) is 0. The molecule has 14 heavy (non-hydrogen) atoms. The Labute approximate surface area is 198 Å². The molecule has 0 aliphatic rings. The molecule has 0 rings (SSSR count). The third-order valence-electron chi connectivity index (χ3n) is 0. The molecule has 0 amide bonds. The van der Waals surface area contributed by atoms with Gasteiger partial charge in [0.25, 0.3) is 0 Å². The van der Waals surface area contributed by atoms with E-state index in [0.717, 1.165) is 0 Å². The van der Waals surface area contributed by atoms with Gasteiger partial charge in [-0.3, -0.25) is 0 Å². The molecule has 0 aromatic heterocycles. The molecule has 72 valence electrons. The zero-order valence-electron chi connectivity index (χ0n) is 9.65. The molecule has 0 spiro atoms. The van der Waals surface area contributed by atoms with Gasteiger partial charge in [-0.1, -0.05) is 0 Å². The van der Waals surface area contributed by atoms with Gasteiger partial charge in [-0.05, 0) is 0 Å². The maximum atomic E-state index is 8.82. The van der Waals surface area contributed by atoms with Crippen molar-refractivity contribution in [2.75, 3.05) is 0 Å². The van der Waals surface area contributed by atoms with Crippen LogP contribution in [0.2, 0.25) is 0 Å². The van der Waals surface area contributed by atoms with Crippen LogP contribution in [0.1, 0.15) is 2.85 Å². The van der Waals surface area contributed by atoms with Crippen molar-refractivity contribution in [2.45, 2.75) is 0 Å². The Balaban J connectivity index is -0.00000000970. The first-order chi connectivity index (χ1) is 4.00. The Bertz CT molecular complexity index is 228. The Morgan fingerprint density at radius 3 is 0.643 bits per heavy atom. The van der Waals surface area contributed by atoms with Crippen LogP contribution < -0.4 is 103 Å². The summed E-state index contributed by atoms with van der Waals surface area (Å²) in [4.78, 5) is 0. The second kappa shape index (κ2) is 17.6. The Morgan fingerprint density at radius 2 is 0.643 bits per heavy atom. The van der Waals surface area contributed by atoms with E-state index in [1.54, 1.807) is 0 Å². The summed E-state index contributed by atoms with van der Waals surface area (Å²) in [5.74, 6) is 0. The Kier molecular flexibility index (Phi) is 45.7. The van der Waals surface area contributed by atoms with Gasteiger partial charge in [0.05, 0.1) is 0 Å². The molecule has 8 nitrogen and oxygen atoms in total. The normalized spacial score (nSPS) is 8.29. The smallest absolute Gasteiger partial charge is 0 e. The van der Waals surface area contributed by atoms with Crippen LogP contribution in [0.5, 0.6) is 0 Å². The zero-order chi connectivity index (χ0) is 9.00. The summed E-state index contributed by atoms with van der Waals surface area (Å²) < 4.78 is 63.8. The predicted octanol–water partition coefficient (Wildman–Crippen LogP) is -8.48. The van der Waals surface area contributed by atoms with Gasteiger partial charge >= 0.3 is 162 Å². The minimum Gasteiger partial charge on any atom is 0 e. The Hall–Kier alpha value is 4.62. The fourth-order valence-electron chi connectivity index (χ4n) is 0. The average Bonchev–Trinajstić information content (AvgIpc) is 1.12. The molecule has 0 aromatic rings. The molecule has 0 bridgehead atoms. The summed E-state index contributed by atoms with van der Waals surface area (Å²) in [7, 11) is 0. The first-order valence-corrected chi connectivity index (χ1v) is 5.76. The molecule has 0 fully saturated rings. The third-order valence-corrected chi connectivity index (χ3v) is 0. The number of rotatable bonds is 0. The fourth-order valence-corrected chi connectivity index (χ4v) is 0. The molecule has 0 saturated carbocycles. The summed E-state index contributed by atoms with van der Waals surface area (Å²) in [6.45, 7) is 0. The summed E-state index contributed by atoms with van der Waals surface area (Å²) in [5.41, 5.74) is 0. The van der Waals surface area contributed by atoms with E-state index in [9.17, 15) is 0 Å². The van der Waals surface area contributed by atoms with Crippen LogP contribution in [0.15, 0.2) is 0 Å². The molecule has 4 N–H and O–H groups in total. The van der Waals surface area contributed by atoms with Crippen LogP contribution in [0.25, 0.3) is 0 Å². The molecular formula is H6Cr2K2O8Zn2. The first-order valence-electron chi connectivity index (χ1n) is 1.40. The quantitative estimate of drug-likeness (QED) is 0.268. The predicted molar refractivity (Wildman–Crippen MR) is 13.8 cm³/mol. The monoisotopic (exact) mass is 444 g/mol.